The van der Waals surface area contributed by atoms with E-state index in [2.05, 4.69) is 22.0 Å². The Kier molecular flexibility index (Phi) is 5.69. The fourth-order valence-electron chi connectivity index (χ4n) is 3.25. The molecule has 0 N–H and O–H groups in total. The van der Waals surface area contributed by atoms with E-state index in [4.69, 9.17) is 0 Å². The molecule has 0 radical (unpaired) electrons. The Hall–Kier alpha value is -1.84. The van der Waals surface area contributed by atoms with Crippen LogP contribution in [0.1, 0.15) is 37.8 Å². The molecule has 2 aromatic rings. The van der Waals surface area contributed by atoms with Gasteiger partial charge in [-0.2, -0.15) is 22.1 Å². The lowest BCUT2D eigenvalue weighted by Crippen LogP contribution is -2.45. The maximum atomic E-state index is 12.4. The SMILES string of the molecule is CCCn1nccc1-c1cnc([C@@H]2CCCN(S(=O)(=O)N(C)C)C2)cn1. The summed E-state index contributed by atoms with van der Waals surface area (Å²) < 4.78 is 29.5. The van der Waals surface area contributed by atoms with E-state index in [1.165, 1.54) is 8.61 Å². The zero-order valence-electron chi connectivity index (χ0n) is 15.5. The topological polar surface area (TPSA) is 84.2 Å². The van der Waals surface area contributed by atoms with Crippen molar-refractivity contribution in [2.75, 3.05) is 27.2 Å². The number of rotatable bonds is 6. The van der Waals surface area contributed by atoms with Gasteiger partial charge in [0.1, 0.15) is 5.69 Å². The summed E-state index contributed by atoms with van der Waals surface area (Å²) in [7, 11) is -0.265. The molecule has 3 heterocycles. The lowest BCUT2D eigenvalue weighted by atomic mass is 9.96. The fourth-order valence-corrected chi connectivity index (χ4v) is 4.44. The van der Waals surface area contributed by atoms with Crippen LogP contribution in [0.4, 0.5) is 0 Å². The van der Waals surface area contributed by atoms with Crippen LogP contribution in [0.3, 0.4) is 0 Å². The van der Waals surface area contributed by atoms with E-state index in [9.17, 15) is 8.42 Å². The number of aromatic nitrogens is 4. The van der Waals surface area contributed by atoms with Crippen LogP contribution in [0, 0.1) is 0 Å². The van der Waals surface area contributed by atoms with Crippen LogP contribution in [-0.2, 0) is 16.8 Å². The second kappa shape index (κ2) is 7.81. The highest BCUT2D eigenvalue weighted by Crippen LogP contribution is 2.28. The second-order valence-electron chi connectivity index (χ2n) is 6.75. The standard InChI is InChI=1S/C17H26N6O2S/c1-4-9-23-17(7-8-20-23)16-12-18-15(11-19-16)14-6-5-10-22(13-14)26(24,25)21(2)3/h7-8,11-12,14H,4-6,9-10,13H2,1-3H3/t14-/m1/s1. The Morgan fingerprint density at radius 2 is 2.08 bits per heavy atom. The van der Waals surface area contributed by atoms with Crippen LogP contribution in [0.15, 0.2) is 24.7 Å². The van der Waals surface area contributed by atoms with E-state index < -0.39 is 10.2 Å². The van der Waals surface area contributed by atoms with Gasteiger partial charge in [-0.1, -0.05) is 6.92 Å². The number of nitrogens with zero attached hydrogens (tertiary/aromatic N) is 6. The summed E-state index contributed by atoms with van der Waals surface area (Å²) >= 11 is 0. The number of piperidine rings is 1. The van der Waals surface area contributed by atoms with Gasteiger partial charge in [-0.15, -0.1) is 0 Å². The highest BCUT2D eigenvalue weighted by atomic mass is 32.2. The van der Waals surface area contributed by atoms with Gasteiger partial charge in [0.25, 0.3) is 10.2 Å². The summed E-state index contributed by atoms with van der Waals surface area (Å²) in [5.74, 6) is 0.0700. The van der Waals surface area contributed by atoms with Gasteiger partial charge in [0, 0.05) is 52.0 Å². The van der Waals surface area contributed by atoms with E-state index in [1.807, 2.05) is 10.7 Å². The third-order valence-corrected chi connectivity index (χ3v) is 6.58. The first-order valence-electron chi connectivity index (χ1n) is 8.95. The first kappa shape index (κ1) is 18.9. The molecule has 26 heavy (non-hydrogen) atoms. The fraction of sp³-hybridized carbons (Fsp3) is 0.588. The minimum Gasteiger partial charge on any atom is -0.263 e. The van der Waals surface area contributed by atoms with E-state index in [0.29, 0.717) is 13.1 Å². The number of hydrogen-bond donors (Lipinski definition) is 0. The average molecular weight is 379 g/mol. The van der Waals surface area contributed by atoms with Crippen LogP contribution in [0.5, 0.6) is 0 Å². The molecule has 3 rings (SSSR count). The molecule has 0 saturated carbocycles. The van der Waals surface area contributed by atoms with Crippen LogP contribution in [-0.4, -0.2) is 64.0 Å². The highest BCUT2D eigenvalue weighted by molar-refractivity contribution is 7.86. The Balaban J connectivity index is 1.77. The molecular formula is C17H26N6O2S. The predicted molar refractivity (Wildman–Crippen MR) is 99.7 cm³/mol. The van der Waals surface area contributed by atoms with Crippen molar-refractivity contribution in [2.24, 2.45) is 0 Å². The summed E-state index contributed by atoms with van der Waals surface area (Å²) in [5, 5.41) is 4.32. The predicted octanol–water partition coefficient (Wildman–Crippen LogP) is 1.74. The smallest absolute Gasteiger partial charge is 0.263 e. The van der Waals surface area contributed by atoms with E-state index >= 15 is 0 Å². The van der Waals surface area contributed by atoms with E-state index in [0.717, 1.165) is 42.9 Å². The van der Waals surface area contributed by atoms with Gasteiger partial charge in [0.2, 0.25) is 0 Å². The largest absolute Gasteiger partial charge is 0.281 e. The molecule has 2 aromatic heterocycles. The van der Waals surface area contributed by atoms with Crippen LogP contribution in [0.25, 0.3) is 11.4 Å². The van der Waals surface area contributed by atoms with Gasteiger partial charge < -0.3 is 0 Å². The molecular weight excluding hydrogens is 352 g/mol. The first-order chi connectivity index (χ1) is 12.4. The maximum absolute atomic E-state index is 12.4. The molecule has 1 aliphatic heterocycles. The number of aryl methyl sites for hydroxylation is 1. The Morgan fingerprint density at radius 3 is 2.73 bits per heavy atom. The van der Waals surface area contributed by atoms with Gasteiger partial charge in [-0.05, 0) is 25.3 Å². The van der Waals surface area contributed by atoms with Crippen molar-refractivity contribution >= 4 is 10.2 Å². The van der Waals surface area contributed by atoms with Crippen molar-refractivity contribution in [1.29, 1.82) is 0 Å². The van der Waals surface area contributed by atoms with Gasteiger partial charge in [-0.3, -0.25) is 14.6 Å². The summed E-state index contributed by atoms with van der Waals surface area (Å²) in [5.41, 5.74) is 2.58. The van der Waals surface area contributed by atoms with Crippen molar-refractivity contribution in [3.05, 3.63) is 30.4 Å². The van der Waals surface area contributed by atoms with Gasteiger partial charge in [0.15, 0.2) is 0 Å². The summed E-state index contributed by atoms with van der Waals surface area (Å²) in [6, 6.07) is 1.94. The minimum absolute atomic E-state index is 0.0700. The van der Waals surface area contributed by atoms with Crippen molar-refractivity contribution in [1.82, 2.24) is 28.4 Å². The van der Waals surface area contributed by atoms with Gasteiger partial charge >= 0.3 is 0 Å². The quantitative estimate of drug-likeness (QED) is 0.764. The van der Waals surface area contributed by atoms with Crippen molar-refractivity contribution in [3.8, 4) is 11.4 Å². The molecule has 1 aliphatic rings. The molecule has 9 heteroatoms. The van der Waals surface area contributed by atoms with Crippen molar-refractivity contribution in [2.45, 2.75) is 38.6 Å². The molecule has 0 aliphatic carbocycles. The summed E-state index contributed by atoms with van der Waals surface area (Å²) in [6.45, 7) is 3.95. The maximum Gasteiger partial charge on any atom is 0.281 e. The third-order valence-electron chi connectivity index (χ3n) is 4.68. The lowest BCUT2D eigenvalue weighted by molar-refractivity contribution is 0.296. The monoisotopic (exact) mass is 378 g/mol. The third kappa shape index (κ3) is 3.79. The zero-order valence-corrected chi connectivity index (χ0v) is 16.4. The molecule has 0 bridgehead atoms. The van der Waals surface area contributed by atoms with Crippen LogP contribution >= 0.6 is 0 Å². The summed E-state index contributed by atoms with van der Waals surface area (Å²) in [6.07, 6.45) is 8.04. The molecule has 1 atom stereocenters. The van der Waals surface area contributed by atoms with Crippen LogP contribution in [0.2, 0.25) is 0 Å². The summed E-state index contributed by atoms with van der Waals surface area (Å²) in [4.78, 5) is 9.14. The molecule has 8 nitrogen and oxygen atoms in total. The molecule has 0 spiro atoms. The van der Waals surface area contributed by atoms with Gasteiger partial charge in [0.05, 0.1) is 17.6 Å². The van der Waals surface area contributed by atoms with E-state index in [-0.39, 0.29) is 5.92 Å². The first-order valence-corrected chi connectivity index (χ1v) is 10.3. The average Bonchev–Trinajstić information content (AvgIpc) is 3.10. The Bertz CT molecular complexity index is 831. The normalized spacial score (nSPS) is 19.2. The second-order valence-corrected chi connectivity index (χ2v) is 8.90. The minimum atomic E-state index is -3.39. The number of hydrogen-bond acceptors (Lipinski definition) is 5. The molecule has 1 fully saturated rings. The Labute approximate surface area is 155 Å². The van der Waals surface area contributed by atoms with Crippen molar-refractivity contribution in [3.63, 3.8) is 0 Å². The molecule has 0 aromatic carbocycles. The van der Waals surface area contributed by atoms with Gasteiger partial charge in [-0.25, -0.2) is 0 Å². The Morgan fingerprint density at radius 1 is 1.27 bits per heavy atom. The molecule has 1 saturated heterocycles. The molecule has 142 valence electrons. The van der Waals surface area contributed by atoms with E-state index in [1.54, 1.807) is 32.7 Å². The van der Waals surface area contributed by atoms with Crippen LogP contribution < -0.4 is 0 Å². The lowest BCUT2D eigenvalue weighted by Gasteiger charge is -2.33. The zero-order chi connectivity index (χ0) is 18.7. The molecule has 0 unspecified atom stereocenters. The molecule has 0 amide bonds. The van der Waals surface area contributed by atoms with Crippen molar-refractivity contribution < 1.29 is 8.42 Å². The highest BCUT2D eigenvalue weighted by Gasteiger charge is 2.31.